The first-order valence-corrected chi connectivity index (χ1v) is 9.44. The molecule has 0 aromatic heterocycles. The Hall–Kier alpha value is -1.80. The van der Waals surface area contributed by atoms with Crippen molar-refractivity contribution in [2.75, 3.05) is 5.32 Å². The molecule has 2 aromatic carbocycles. The Balaban J connectivity index is 2.55. The molecule has 2 aromatic rings. The van der Waals surface area contributed by atoms with Gasteiger partial charge in [0.1, 0.15) is 0 Å². The molecule has 2 unspecified atom stereocenters. The van der Waals surface area contributed by atoms with E-state index in [9.17, 15) is 17.8 Å². The smallest absolute Gasteiger partial charge is 0.268 e. The molecule has 9 heteroatoms. The fourth-order valence-electron chi connectivity index (χ4n) is 2.44. The summed E-state index contributed by atoms with van der Waals surface area (Å²) in [6.07, 6.45) is 0. The van der Waals surface area contributed by atoms with Crippen LogP contribution in [0.2, 0.25) is 10.0 Å². The van der Waals surface area contributed by atoms with Crippen LogP contribution in [0, 0.1) is 0 Å². The summed E-state index contributed by atoms with van der Waals surface area (Å²) < 4.78 is 32.4. The van der Waals surface area contributed by atoms with Gasteiger partial charge in [-0.2, -0.15) is 8.42 Å². The normalized spacial score (nSPS) is 13.9. The third-order valence-corrected chi connectivity index (χ3v) is 5.61. The van der Waals surface area contributed by atoms with E-state index < -0.39 is 27.2 Å². The van der Waals surface area contributed by atoms with Crippen LogP contribution in [0.25, 0.3) is 0 Å². The number of amides is 1. The molecule has 134 valence electrons. The predicted molar refractivity (Wildman–Crippen MR) is 99.1 cm³/mol. The van der Waals surface area contributed by atoms with Gasteiger partial charge >= 0.3 is 0 Å². The minimum atomic E-state index is -4.48. The summed E-state index contributed by atoms with van der Waals surface area (Å²) in [6, 6.07) is 11.4. The van der Waals surface area contributed by atoms with Crippen LogP contribution >= 0.6 is 23.2 Å². The van der Waals surface area contributed by atoms with Crippen molar-refractivity contribution in [2.45, 2.75) is 18.1 Å². The Bertz CT molecular complexity index is 883. The molecule has 0 heterocycles. The lowest BCUT2D eigenvalue weighted by molar-refractivity contribution is -0.119. The molecule has 0 radical (unpaired) electrons. The SMILES string of the molecule is CC(C(C(N)=O)c1ccccc1Nc1c(Cl)cccc1Cl)S(=O)(=O)O. The number of hydrogen-bond donors (Lipinski definition) is 3. The second-order valence-corrected chi connectivity index (χ2v) is 8.00. The largest absolute Gasteiger partial charge is 0.369 e. The number of para-hydroxylation sites is 2. The van der Waals surface area contributed by atoms with Gasteiger partial charge < -0.3 is 11.1 Å². The van der Waals surface area contributed by atoms with Gasteiger partial charge in [0.15, 0.2) is 0 Å². The molecule has 6 nitrogen and oxygen atoms in total. The molecular formula is C16H16Cl2N2O4S. The van der Waals surface area contributed by atoms with Gasteiger partial charge in [0.2, 0.25) is 5.91 Å². The maximum Gasteiger partial charge on any atom is 0.268 e. The van der Waals surface area contributed by atoms with Gasteiger partial charge in [-0.25, -0.2) is 0 Å². The van der Waals surface area contributed by atoms with Crippen molar-refractivity contribution >= 4 is 50.6 Å². The summed E-state index contributed by atoms with van der Waals surface area (Å²) in [5.41, 5.74) is 6.50. The second-order valence-electron chi connectivity index (χ2n) is 5.41. The molecule has 0 fully saturated rings. The molecule has 0 aliphatic carbocycles. The number of rotatable bonds is 6. The van der Waals surface area contributed by atoms with E-state index in [4.69, 9.17) is 28.9 Å². The van der Waals surface area contributed by atoms with Gasteiger partial charge in [0, 0.05) is 5.69 Å². The zero-order chi connectivity index (χ0) is 18.8. The van der Waals surface area contributed by atoms with Gasteiger partial charge in [-0.15, -0.1) is 0 Å². The molecule has 0 bridgehead atoms. The van der Waals surface area contributed by atoms with Crippen molar-refractivity contribution in [1.82, 2.24) is 0 Å². The van der Waals surface area contributed by atoms with Crippen molar-refractivity contribution in [2.24, 2.45) is 5.73 Å². The molecule has 0 aliphatic heterocycles. The Kier molecular flexibility index (Phi) is 5.95. The van der Waals surface area contributed by atoms with Crippen LogP contribution in [-0.2, 0) is 14.9 Å². The number of hydrogen-bond acceptors (Lipinski definition) is 4. The molecule has 0 aliphatic rings. The zero-order valence-corrected chi connectivity index (χ0v) is 15.4. The lowest BCUT2D eigenvalue weighted by Crippen LogP contribution is -2.35. The van der Waals surface area contributed by atoms with Crippen molar-refractivity contribution in [3.05, 3.63) is 58.1 Å². The van der Waals surface area contributed by atoms with Crippen LogP contribution in [0.5, 0.6) is 0 Å². The third-order valence-electron chi connectivity index (χ3n) is 3.76. The highest BCUT2D eigenvalue weighted by Gasteiger charge is 2.35. The highest BCUT2D eigenvalue weighted by molar-refractivity contribution is 7.86. The van der Waals surface area contributed by atoms with E-state index in [-0.39, 0.29) is 0 Å². The summed E-state index contributed by atoms with van der Waals surface area (Å²) in [6.45, 7) is 1.21. The van der Waals surface area contributed by atoms with Crippen LogP contribution in [0.4, 0.5) is 11.4 Å². The molecule has 4 N–H and O–H groups in total. The molecule has 0 saturated carbocycles. The number of carbonyl (C=O) groups excluding carboxylic acids is 1. The fraction of sp³-hybridized carbons (Fsp3) is 0.188. The van der Waals surface area contributed by atoms with Crippen molar-refractivity contribution in [1.29, 1.82) is 0 Å². The van der Waals surface area contributed by atoms with Crippen LogP contribution < -0.4 is 11.1 Å². The minimum absolute atomic E-state index is 0.302. The van der Waals surface area contributed by atoms with Crippen LogP contribution in [0.15, 0.2) is 42.5 Å². The van der Waals surface area contributed by atoms with E-state index >= 15 is 0 Å². The number of benzene rings is 2. The molecule has 0 saturated heterocycles. The first-order chi connectivity index (χ1) is 11.6. The Morgan fingerprint density at radius 2 is 1.68 bits per heavy atom. The van der Waals surface area contributed by atoms with E-state index in [1.165, 1.54) is 6.92 Å². The van der Waals surface area contributed by atoms with Crippen LogP contribution in [0.1, 0.15) is 18.4 Å². The highest BCUT2D eigenvalue weighted by Crippen LogP contribution is 2.36. The molecule has 1 amide bonds. The Morgan fingerprint density at radius 1 is 1.12 bits per heavy atom. The van der Waals surface area contributed by atoms with E-state index in [0.717, 1.165) is 0 Å². The first-order valence-electron chi connectivity index (χ1n) is 7.18. The maximum atomic E-state index is 11.9. The Labute approximate surface area is 155 Å². The standard InChI is InChI=1S/C16H16Cl2N2O4S/c1-9(25(22,23)24)14(16(19)21)10-5-2-3-8-13(10)20-15-11(17)6-4-7-12(15)18/h2-9,14,20H,1H3,(H2,19,21)(H,22,23,24). The average molecular weight is 403 g/mol. The quantitative estimate of drug-likeness (QED) is 0.639. The van der Waals surface area contributed by atoms with Crippen LogP contribution in [-0.4, -0.2) is 24.1 Å². The van der Waals surface area contributed by atoms with Crippen molar-refractivity contribution in [3.63, 3.8) is 0 Å². The first kappa shape index (κ1) is 19.5. The zero-order valence-electron chi connectivity index (χ0n) is 13.1. The van der Waals surface area contributed by atoms with E-state index in [1.807, 2.05) is 0 Å². The van der Waals surface area contributed by atoms with Crippen molar-refractivity contribution in [3.8, 4) is 0 Å². The highest BCUT2D eigenvalue weighted by atomic mass is 35.5. The van der Waals surface area contributed by atoms with Crippen LogP contribution in [0.3, 0.4) is 0 Å². The van der Waals surface area contributed by atoms with E-state index in [0.29, 0.717) is 27.0 Å². The molecule has 25 heavy (non-hydrogen) atoms. The molecule has 2 atom stereocenters. The number of carbonyl (C=O) groups is 1. The minimum Gasteiger partial charge on any atom is -0.369 e. The predicted octanol–water partition coefficient (Wildman–Crippen LogP) is 3.58. The van der Waals surface area contributed by atoms with E-state index in [1.54, 1.807) is 42.5 Å². The number of primary amides is 1. The van der Waals surface area contributed by atoms with Gasteiger partial charge in [-0.1, -0.05) is 47.5 Å². The second kappa shape index (κ2) is 7.61. The number of nitrogens with one attached hydrogen (secondary N) is 1. The average Bonchev–Trinajstić information content (AvgIpc) is 2.51. The summed E-state index contributed by atoms with van der Waals surface area (Å²) >= 11 is 12.3. The van der Waals surface area contributed by atoms with Gasteiger partial charge in [-0.3, -0.25) is 9.35 Å². The summed E-state index contributed by atoms with van der Waals surface area (Å²) in [5.74, 6) is -2.15. The maximum absolute atomic E-state index is 11.9. The number of anilines is 2. The fourth-order valence-corrected chi connectivity index (χ4v) is 3.56. The molecular weight excluding hydrogens is 387 g/mol. The Morgan fingerprint density at radius 3 is 2.20 bits per heavy atom. The topological polar surface area (TPSA) is 109 Å². The van der Waals surface area contributed by atoms with Gasteiger partial charge in [0.25, 0.3) is 10.1 Å². The summed E-state index contributed by atoms with van der Waals surface area (Å²) in [5, 5.41) is 2.28. The number of nitrogens with two attached hydrogens (primary N) is 1. The molecule has 2 rings (SSSR count). The third kappa shape index (κ3) is 4.43. The lowest BCUT2D eigenvalue weighted by Gasteiger charge is -2.23. The van der Waals surface area contributed by atoms with Gasteiger partial charge in [-0.05, 0) is 30.7 Å². The monoisotopic (exact) mass is 402 g/mol. The lowest BCUT2D eigenvalue weighted by atomic mass is 9.93. The summed E-state index contributed by atoms with van der Waals surface area (Å²) in [4.78, 5) is 11.9. The van der Waals surface area contributed by atoms with Crippen molar-refractivity contribution < 1.29 is 17.8 Å². The molecule has 0 spiro atoms. The number of halogens is 2. The van der Waals surface area contributed by atoms with E-state index in [2.05, 4.69) is 5.32 Å². The van der Waals surface area contributed by atoms with Gasteiger partial charge in [0.05, 0.1) is 26.9 Å². The summed E-state index contributed by atoms with van der Waals surface area (Å²) in [7, 11) is -4.48.